The van der Waals surface area contributed by atoms with Crippen molar-refractivity contribution in [1.82, 2.24) is 4.98 Å². The average molecular weight is 239 g/mol. The molecule has 0 spiro atoms. The first-order valence-electron chi connectivity index (χ1n) is 7.02. The molecular weight excluding hydrogens is 218 g/mol. The van der Waals surface area contributed by atoms with Crippen LogP contribution in [-0.4, -0.2) is 4.98 Å². The maximum Gasteiger partial charge on any atom is 0.0492 e. The summed E-state index contributed by atoms with van der Waals surface area (Å²) in [5.74, 6) is 1.35. The van der Waals surface area contributed by atoms with Gasteiger partial charge in [-0.3, -0.25) is 0 Å². The molecule has 0 saturated carbocycles. The van der Waals surface area contributed by atoms with Gasteiger partial charge < -0.3 is 4.98 Å². The van der Waals surface area contributed by atoms with E-state index in [1.807, 2.05) is 0 Å². The number of rotatable bonds is 2. The fraction of sp³-hybridized carbons (Fsp3) is 0.412. The molecule has 0 unspecified atom stereocenters. The number of H-pyrrole nitrogens is 1. The number of allylic oxidation sites excluding steroid dienone is 1. The van der Waals surface area contributed by atoms with Gasteiger partial charge in [-0.1, -0.05) is 32.9 Å². The van der Waals surface area contributed by atoms with Crippen LogP contribution in [-0.2, 0) is 0 Å². The molecule has 1 nitrogen and oxygen atoms in total. The molecule has 0 bridgehead atoms. The lowest BCUT2D eigenvalue weighted by atomic mass is 9.94. The van der Waals surface area contributed by atoms with Crippen LogP contribution in [0.2, 0.25) is 0 Å². The fourth-order valence-corrected chi connectivity index (χ4v) is 3.48. The standard InChI is InChI=1S/C17H21N/c1-4-5-6-13-10-14-7-8-18-17(14)16-12(3)9-11(2)15(13)16/h5-8,10-12,18H,4,9H2,1-3H3/b6-5+/t11-,12+/m0/s1. The minimum Gasteiger partial charge on any atom is -0.361 e. The molecule has 1 heterocycles. The zero-order valence-electron chi connectivity index (χ0n) is 11.5. The van der Waals surface area contributed by atoms with Gasteiger partial charge in [-0.15, -0.1) is 0 Å². The molecule has 0 fully saturated rings. The zero-order chi connectivity index (χ0) is 12.7. The Morgan fingerprint density at radius 3 is 2.83 bits per heavy atom. The summed E-state index contributed by atoms with van der Waals surface area (Å²) in [4.78, 5) is 3.43. The van der Waals surface area contributed by atoms with Crippen LogP contribution in [0.5, 0.6) is 0 Å². The summed E-state index contributed by atoms with van der Waals surface area (Å²) >= 11 is 0. The summed E-state index contributed by atoms with van der Waals surface area (Å²) in [6, 6.07) is 4.53. The highest BCUT2D eigenvalue weighted by molar-refractivity contribution is 5.88. The number of hydrogen-bond donors (Lipinski definition) is 1. The quantitative estimate of drug-likeness (QED) is 0.741. The third-order valence-electron chi connectivity index (χ3n) is 4.19. The molecule has 0 amide bonds. The Bertz CT molecular complexity index is 603. The SMILES string of the molecule is CC/C=C/c1cc2cc[nH]c2c2c1[C@@H](C)C[C@H]2C. The lowest BCUT2D eigenvalue weighted by molar-refractivity contribution is 0.662. The maximum atomic E-state index is 3.43. The summed E-state index contributed by atoms with van der Waals surface area (Å²) in [6.07, 6.45) is 9.02. The Kier molecular flexibility index (Phi) is 2.77. The lowest BCUT2D eigenvalue weighted by Crippen LogP contribution is -1.93. The van der Waals surface area contributed by atoms with E-state index in [-0.39, 0.29) is 0 Å². The second-order valence-electron chi connectivity index (χ2n) is 5.58. The maximum absolute atomic E-state index is 3.43. The molecule has 1 aromatic carbocycles. The van der Waals surface area contributed by atoms with Crippen molar-refractivity contribution in [2.24, 2.45) is 0 Å². The van der Waals surface area contributed by atoms with Gasteiger partial charge in [-0.2, -0.15) is 0 Å². The first kappa shape index (κ1) is 11.6. The van der Waals surface area contributed by atoms with E-state index in [4.69, 9.17) is 0 Å². The van der Waals surface area contributed by atoms with E-state index in [0.717, 1.165) is 6.42 Å². The molecule has 2 atom stereocenters. The van der Waals surface area contributed by atoms with Crippen molar-refractivity contribution in [3.8, 4) is 0 Å². The summed E-state index contributed by atoms with van der Waals surface area (Å²) < 4.78 is 0. The Labute approximate surface area is 109 Å². The van der Waals surface area contributed by atoms with Gasteiger partial charge in [0.05, 0.1) is 0 Å². The van der Waals surface area contributed by atoms with E-state index in [1.165, 1.54) is 22.9 Å². The van der Waals surface area contributed by atoms with Gasteiger partial charge in [0.25, 0.3) is 0 Å². The summed E-state index contributed by atoms with van der Waals surface area (Å²) in [5, 5.41) is 1.35. The molecule has 0 saturated heterocycles. The minimum absolute atomic E-state index is 0.672. The first-order valence-corrected chi connectivity index (χ1v) is 7.02. The Morgan fingerprint density at radius 2 is 2.06 bits per heavy atom. The second kappa shape index (κ2) is 4.31. The number of aromatic amines is 1. The predicted molar refractivity (Wildman–Crippen MR) is 79.1 cm³/mol. The molecule has 1 aliphatic carbocycles. The Hall–Kier alpha value is -1.50. The predicted octanol–water partition coefficient (Wildman–Crippen LogP) is 5.20. The molecule has 1 heteroatoms. The third kappa shape index (κ3) is 1.61. The summed E-state index contributed by atoms with van der Waals surface area (Å²) in [6.45, 7) is 6.91. The largest absolute Gasteiger partial charge is 0.361 e. The molecule has 18 heavy (non-hydrogen) atoms. The van der Waals surface area contributed by atoms with Gasteiger partial charge in [0, 0.05) is 17.1 Å². The molecule has 3 rings (SSSR count). The molecule has 1 aliphatic rings. The van der Waals surface area contributed by atoms with Crippen molar-refractivity contribution in [2.45, 2.75) is 45.4 Å². The van der Waals surface area contributed by atoms with Crippen LogP contribution in [0.1, 0.15) is 62.1 Å². The molecule has 94 valence electrons. The van der Waals surface area contributed by atoms with Crippen LogP contribution < -0.4 is 0 Å². The number of aromatic nitrogens is 1. The first-order chi connectivity index (χ1) is 8.72. The molecular formula is C17H21N. The fourth-order valence-electron chi connectivity index (χ4n) is 3.48. The van der Waals surface area contributed by atoms with Crippen molar-refractivity contribution in [2.75, 3.05) is 0 Å². The van der Waals surface area contributed by atoms with Crippen molar-refractivity contribution in [1.29, 1.82) is 0 Å². The highest BCUT2D eigenvalue weighted by atomic mass is 14.7. The number of fused-ring (bicyclic) bond motifs is 3. The van der Waals surface area contributed by atoms with Gasteiger partial charge >= 0.3 is 0 Å². The van der Waals surface area contributed by atoms with Gasteiger partial charge in [0.15, 0.2) is 0 Å². The normalized spacial score (nSPS) is 23.1. The van der Waals surface area contributed by atoms with Crippen molar-refractivity contribution < 1.29 is 0 Å². The highest BCUT2D eigenvalue weighted by Crippen LogP contribution is 2.46. The van der Waals surface area contributed by atoms with Crippen LogP contribution in [0.4, 0.5) is 0 Å². The molecule has 0 aliphatic heterocycles. The van der Waals surface area contributed by atoms with E-state index in [0.29, 0.717) is 11.8 Å². The summed E-state index contributed by atoms with van der Waals surface area (Å²) in [7, 11) is 0. The van der Waals surface area contributed by atoms with Crippen LogP contribution >= 0.6 is 0 Å². The monoisotopic (exact) mass is 239 g/mol. The van der Waals surface area contributed by atoms with Crippen LogP contribution in [0, 0.1) is 0 Å². The van der Waals surface area contributed by atoms with Gasteiger partial charge in [-0.05, 0) is 53.5 Å². The molecule has 2 aromatic rings. The lowest BCUT2D eigenvalue weighted by Gasteiger charge is -2.11. The molecule has 1 N–H and O–H groups in total. The van der Waals surface area contributed by atoms with Crippen molar-refractivity contribution in [3.05, 3.63) is 41.1 Å². The summed E-state index contributed by atoms with van der Waals surface area (Å²) in [5.41, 5.74) is 5.91. The number of nitrogens with one attached hydrogen (secondary N) is 1. The topological polar surface area (TPSA) is 15.8 Å². The average Bonchev–Trinajstić information content (AvgIpc) is 2.91. The van der Waals surface area contributed by atoms with E-state index in [2.05, 4.69) is 56.2 Å². The zero-order valence-corrected chi connectivity index (χ0v) is 11.5. The van der Waals surface area contributed by atoms with E-state index in [9.17, 15) is 0 Å². The van der Waals surface area contributed by atoms with Gasteiger partial charge in [-0.25, -0.2) is 0 Å². The smallest absolute Gasteiger partial charge is 0.0492 e. The number of hydrogen-bond acceptors (Lipinski definition) is 0. The number of benzene rings is 1. The van der Waals surface area contributed by atoms with E-state index >= 15 is 0 Å². The van der Waals surface area contributed by atoms with Gasteiger partial charge in [0.1, 0.15) is 0 Å². The highest BCUT2D eigenvalue weighted by Gasteiger charge is 2.29. The Balaban J connectivity index is 2.30. The molecule has 0 radical (unpaired) electrons. The van der Waals surface area contributed by atoms with Crippen LogP contribution in [0.15, 0.2) is 24.4 Å². The second-order valence-corrected chi connectivity index (χ2v) is 5.58. The van der Waals surface area contributed by atoms with Crippen molar-refractivity contribution in [3.63, 3.8) is 0 Å². The van der Waals surface area contributed by atoms with Crippen LogP contribution in [0.25, 0.3) is 17.0 Å². The van der Waals surface area contributed by atoms with E-state index < -0.39 is 0 Å². The van der Waals surface area contributed by atoms with Crippen molar-refractivity contribution >= 4 is 17.0 Å². The Morgan fingerprint density at radius 1 is 1.28 bits per heavy atom. The van der Waals surface area contributed by atoms with Crippen LogP contribution in [0.3, 0.4) is 0 Å². The third-order valence-corrected chi connectivity index (χ3v) is 4.19. The molecule has 1 aromatic heterocycles. The van der Waals surface area contributed by atoms with Gasteiger partial charge in [0.2, 0.25) is 0 Å². The van der Waals surface area contributed by atoms with E-state index in [1.54, 1.807) is 11.1 Å². The minimum atomic E-state index is 0.672.